The molecule has 4 nitrogen and oxygen atoms in total. The molecule has 1 amide bonds. The summed E-state index contributed by atoms with van der Waals surface area (Å²) in [5.74, 6) is 0.0230. The van der Waals surface area contributed by atoms with E-state index < -0.39 is 0 Å². The molecule has 1 atom stereocenters. The van der Waals surface area contributed by atoms with Crippen molar-refractivity contribution in [2.45, 2.75) is 46.1 Å². The van der Waals surface area contributed by atoms with Crippen LogP contribution in [0.1, 0.15) is 50.4 Å². The Labute approximate surface area is 128 Å². The quantitative estimate of drug-likeness (QED) is 0.784. The molecule has 0 saturated heterocycles. The highest BCUT2D eigenvalue weighted by Gasteiger charge is 2.21. The largest absolute Gasteiger partial charge is 0.399 e. The lowest BCUT2D eigenvalue weighted by Gasteiger charge is -2.33. The predicted octanol–water partition coefficient (Wildman–Crippen LogP) is 3.38. The molecule has 1 rings (SSSR count). The third-order valence-electron chi connectivity index (χ3n) is 3.84. The molecule has 0 saturated carbocycles. The molecule has 0 radical (unpaired) electrons. The maximum Gasteiger partial charge on any atom is 0.255 e. The summed E-state index contributed by atoms with van der Waals surface area (Å²) in [5, 5.41) is 0. The van der Waals surface area contributed by atoms with Gasteiger partial charge in [-0.1, -0.05) is 20.3 Å². The number of carbonyl (C=O) groups is 1. The smallest absolute Gasteiger partial charge is 0.255 e. The molecule has 21 heavy (non-hydrogen) atoms. The van der Waals surface area contributed by atoms with Crippen LogP contribution < -0.4 is 10.6 Å². The number of hydrogen-bond acceptors (Lipinski definition) is 3. The summed E-state index contributed by atoms with van der Waals surface area (Å²) in [6, 6.07) is 5.95. The van der Waals surface area contributed by atoms with Gasteiger partial charge in [0, 0.05) is 32.4 Å². The number of unbranched alkanes of at least 4 members (excludes halogenated alkanes) is 1. The molecule has 2 N–H and O–H groups in total. The summed E-state index contributed by atoms with van der Waals surface area (Å²) in [7, 11) is 3.56. The molecule has 0 heterocycles. The molecule has 0 bridgehead atoms. The van der Waals surface area contributed by atoms with E-state index in [2.05, 4.69) is 25.7 Å². The predicted molar refractivity (Wildman–Crippen MR) is 90.9 cm³/mol. The molecule has 0 aliphatic carbocycles. The Morgan fingerprint density at radius 3 is 2.48 bits per heavy atom. The number of benzene rings is 1. The van der Waals surface area contributed by atoms with Gasteiger partial charge in [0.1, 0.15) is 0 Å². The van der Waals surface area contributed by atoms with Crippen molar-refractivity contribution in [1.82, 2.24) is 4.90 Å². The van der Waals surface area contributed by atoms with Crippen molar-refractivity contribution in [1.29, 1.82) is 0 Å². The molecule has 0 spiro atoms. The maximum absolute atomic E-state index is 12.4. The van der Waals surface area contributed by atoms with Crippen LogP contribution in [-0.2, 0) is 0 Å². The number of anilines is 2. The van der Waals surface area contributed by atoms with E-state index in [1.807, 2.05) is 12.1 Å². The van der Waals surface area contributed by atoms with E-state index in [-0.39, 0.29) is 5.91 Å². The Morgan fingerprint density at radius 2 is 1.95 bits per heavy atom. The number of amides is 1. The molecular formula is C17H29N3O. The second-order valence-electron chi connectivity index (χ2n) is 5.78. The van der Waals surface area contributed by atoms with Crippen LogP contribution in [0.25, 0.3) is 0 Å². The van der Waals surface area contributed by atoms with Crippen LogP contribution in [0.15, 0.2) is 18.2 Å². The van der Waals surface area contributed by atoms with Crippen molar-refractivity contribution >= 4 is 17.3 Å². The maximum atomic E-state index is 12.4. The molecule has 0 aliphatic rings. The van der Waals surface area contributed by atoms with Gasteiger partial charge in [-0.25, -0.2) is 0 Å². The molecule has 1 unspecified atom stereocenters. The normalized spacial score (nSPS) is 12.0. The molecule has 1 aromatic rings. The molecule has 4 heteroatoms. The van der Waals surface area contributed by atoms with Gasteiger partial charge in [0.25, 0.3) is 5.91 Å². The highest BCUT2D eigenvalue weighted by atomic mass is 16.2. The van der Waals surface area contributed by atoms with E-state index in [0.29, 0.717) is 11.7 Å². The molecule has 0 fully saturated rings. The number of nitrogens with zero attached hydrogens (tertiary/aromatic N) is 2. The zero-order chi connectivity index (χ0) is 16.0. The zero-order valence-electron chi connectivity index (χ0n) is 14.0. The first-order valence-corrected chi connectivity index (χ1v) is 7.80. The molecule has 0 aliphatic heterocycles. The molecule has 118 valence electrons. The highest BCUT2D eigenvalue weighted by Crippen LogP contribution is 2.27. The molecular weight excluding hydrogens is 262 g/mol. The summed E-state index contributed by atoms with van der Waals surface area (Å²) < 4.78 is 0. The van der Waals surface area contributed by atoms with Crippen LogP contribution in [0.4, 0.5) is 11.4 Å². The fourth-order valence-corrected chi connectivity index (χ4v) is 2.34. The van der Waals surface area contributed by atoms with Crippen LogP contribution in [0.5, 0.6) is 0 Å². The minimum atomic E-state index is 0.0230. The Kier molecular flexibility index (Phi) is 6.53. The Bertz CT molecular complexity index is 471. The highest BCUT2D eigenvalue weighted by molar-refractivity contribution is 6.00. The third-order valence-corrected chi connectivity index (χ3v) is 3.84. The number of nitrogens with two attached hydrogens (primary N) is 1. The van der Waals surface area contributed by atoms with Gasteiger partial charge in [0.15, 0.2) is 0 Å². The van der Waals surface area contributed by atoms with E-state index in [9.17, 15) is 4.79 Å². The van der Waals surface area contributed by atoms with E-state index in [1.165, 1.54) is 0 Å². The lowest BCUT2D eigenvalue weighted by molar-refractivity contribution is 0.0828. The van der Waals surface area contributed by atoms with Crippen molar-refractivity contribution in [3.63, 3.8) is 0 Å². The van der Waals surface area contributed by atoms with E-state index in [0.717, 1.165) is 37.1 Å². The summed E-state index contributed by atoms with van der Waals surface area (Å²) in [6.45, 7) is 7.49. The van der Waals surface area contributed by atoms with Crippen molar-refractivity contribution in [3.05, 3.63) is 23.8 Å². The molecule has 1 aromatic carbocycles. The fraction of sp³-hybridized carbons (Fsp3) is 0.588. The SMILES string of the molecule is CCCCN(c1cc(N)ccc1C(=O)N(C)C)C(C)CC. The standard InChI is InChI=1S/C17H29N3O/c1-6-8-11-20(13(3)7-2)16-12-14(18)9-10-15(16)17(21)19(4)5/h9-10,12-13H,6-8,11,18H2,1-5H3. The first-order valence-electron chi connectivity index (χ1n) is 7.80. The van der Waals surface area contributed by atoms with Crippen molar-refractivity contribution < 1.29 is 4.79 Å². The second-order valence-corrected chi connectivity index (χ2v) is 5.78. The minimum absolute atomic E-state index is 0.0230. The van der Waals surface area contributed by atoms with Gasteiger partial charge in [0.05, 0.1) is 11.3 Å². The fourth-order valence-electron chi connectivity index (χ4n) is 2.34. The van der Waals surface area contributed by atoms with Gasteiger partial charge < -0.3 is 15.5 Å². The van der Waals surface area contributed by atoms with E-state index >= 15 is 0 Å². The minimum Gasteiger partial charge on any atom is -0.399 e. The monoisotopic (exact) mass is 291 g/mol. The van der Waals surface area contributed by atoms with Gasteiger partial charge in [-0.3, -0.25) is 4.79 Å². The topological polar surface area (TPSA) is 49.6 Å². The summed E-state index contributed by atoms with van der Waals surface area (Å²) in [6.07, 6.45) is 3.27. The van der Waals surface area contributed by atoms with Crippen LogP contribution in [0, 0.1) is 0 Å². The van der Waals surface area contributed by atoms with Crippen molar-refractivity contribution in [2.75, 3.05) is 31.3 Å². The Morgan fingerprint density at radius 1 is 1.29 bits per heavy atom. The van der Waals surface area contributed by atoms with Gasteiger partial charge in [0.2, 0.25) is 0 Å². The van der Waals surface area contributed by atoms with Gasteiger partial charge in [-0.15, -0.1) is 0 Å². The van der Waals surface area contributed by atoms with Crippen LogP contribution >= 0.6 is 0 Å². The first kappa shape index (κ1) is 17.3. The lowest BCUT2D eigenvalue weighted by Crippen LogP contribution is -2.36. The van der Waals surface area contributed by atoms with E-state index in [1.54, 1.807) is 25.1 Å². The van der Waals surface area contributed by atoms with Crippen molar-refractivity contribution in [3.8, 4) is 0 Å². The summed E-state index contributed by atoms with van der Waals surface area (Å²) in [4.78, 5) is 16.4. The lowest BCUT2D eigenvalue weighted by atomic mass is 10.1. The van der Waals surface area contributed by atoms with Crippen molar-refractivity contribution in [2.24, 2.45) is 0 Å². The van der Waals surface area contributed by atoms with Crippen LogP contribution in [0.3, 0.4) is 0 Å². The Hall–Kier alpha value is -1.71. The zero-order valence-corrected chi connectivity index (χ0v) is 14.0. The number of rotatable bonds is 7. The van der Waals surface area contributed by atoms with Gasteiger partial charge in [-0.05, 0) is 38.0 Å². The summed E-state index contributed by atoms with van der Waals surface area (Å²) >= 11 is 0. The second kappa shape index (κ2) is 7.91. The third kappa shape index (κ3) is 4.38. The number of carbonyl (C=O) groups excluding carboxylic acids is 1. The van der Waals surface area contributed by atoms with Crippen LogP contribution in [0.2, 0.25) is 0 Å². The summed E-state index contributed by atoms with van der Waals surface area (Å²) in [5.41, 5.74) is 8.34. The first-order chi connectivity index (χ1) is 9.92. The average molecular weight is 291 g/mol. The Balaban J connectivity index is 3.27. The number of nitrogen functional groups attached to an aromatic ring is 1. The van der Waals surface area contributed by atoms with E-state index in [4.69, 9.17) is 5.73 Å². The molecule has 0 aromatic heterocycles. The number of hydrogen-bond donors (Lipinski definition) is 1. The van der Waals surface area contributed by atoms with Crippen LogP contribution in [-0.4, -0.2) is 37.5 Å². The average Bonchev–Trinajstić information content (AvgIpc) is 2.46. The van der Waals surface area contributed by atoms with Gasteiger partial charge in [-0.2, -0.15) is 0 Å². The van der Waals surface area contributed by atoms with Gasteiger partial charge >= 0.3 is 0 Å².